The maximum atomic E-state index is 13.2. The second-order valence-electron chi connectivity index (χ2n) is 16.0. The Morgan fingerprint density at radius 3 is 2.41 bits per heavy atom. The Bertz CT molecular complexity index is 1870. The van der Waals surface area contributed by atoms with Crippen molar-refractivity contribution < 1.29 is 38.0 Å². The van der Waals surface area contributed by atoms with Gasteiger partial charge in [0, 0.05) is 32.5 Å². The molecule has 0 bridgehead atoms. The number of benzene rings is 4. The van der Waals surface area contributed by atoms with Gasteiger partial charge in [0.15, 0.2) is 6.79 Å². The molecule has 0 N–H and O–H groups in total. The van der Waals surface area contributed by atoms with E-state index in [1.807, 2.05) is 76.2 Å². The second kappa shape index (κ2) is 18.5. The average Bonchev–Trinajstić information content (AvgIpc) is 3.12. The summed E-state index contributed by atoms with van der Waals surface area (Å²) in [6, 6.07) is 26.5. The van der Waals surface area contributed by atoms with Crippen LogP contribution in [0.25, 0.3) is 10.8 Å². The summed E-state index contributed by atoms with van der Waals surface area (Å²) in [6.45, 7) is 16.8. The van der Waals surface area contributed by atoms with Crippen molar-refractivity contribution in [2.24, 2.45) is 0 Å². The van der Waals surface area contributed by atoms with Crippen molar-refractivity contribution in [3.63, 3.8) is 0 Å². The predicted octanol–water partition coefficient (Wildman–Crippen LogP) is 10.0. The maximum Gasteiger partial charge on any atom is 0.410 e. The Morgan fingerprint density at radius 1 is 0.907 bits per heavy atom. The fraction of sp³-hybridized carbons (Fsp3) is 0.442. The molecule has 290 valence electrons. The average molecular weight is 776 g/mol. The van der Waals surface area contributed by atoms with Crippen molar-refractivity contribution in [3.8, 4) is 11.5 Å². The molecule has 1 saturated heterocycles. The zero-order chi connectivity index (χ0) is 38.9. The van der Waals surface area contributed by atoms with Crippen LogP contribution in [-0.2, 0) is 25.6 Å². The lowest BCUT2D eigenvalue weighted by Gasteiger charge is -2.39. The molecule has 1 aliphatic heterocycles. The lowest BCUT2D eigenvalue weighted by molar-refractivity contribution is -0.0360. The highest BCUT2D eigenvalue weighted by Gasteiger charge is 2.35. The number of carbonyl (C=O) groups is 2. The van der Waals surface area contributed by atoms with E-state index < -0.39 is 19.6 Å². The number of halogens is 1. The summed E-state index contributed by atoms with van der Waals surface area (Å²) in [6.07, 6.45) is 0.0495. The topological polar surface area (TPSA) is 92.8 Å². The fourth-order valence-corrected chi connectivity index (χ4v) is 7.19. The third kappa shape index (κ3) is 12.0. The standard InChI is InChI=1S/C43H54ClNO8Si/c1-30-11-10-14-37(40(30)44)41(46)50-22-21-49-34-17-15-32(16-18-34)36-19-20-45(42(47)53-43(2,3)4)27-39(36)51-28-31-25-33-12-8-9-13-35(33)38(26-31)52-29-48-23-24-54(5,6)7/h8-18,25-26,36,39H,19-24,27-29H2,1-7H3. The van der Waals surface area contributed by atoms with Crippen molar-refractivity contribution in [2.45, 2.75) is 84.0 Å². The molecule has 5 rings (SSSR count). The van der Waals surface area contributed by atoms with Crippen LogP contribution >= 0.6 is 11.6 Å². The number of hydrogen-bond donors (Lipinski definition) is 0. The van der Waals surface area contributed by atoms with Gasteiger partial charge in [-0.1, -0.05) is 79.8 Å². The first-order valence-corrected chi connectivity index (χ1v) is 22.7. The molecule has 4 aromatic carbocycles. The van der Waals surface area contributed by atoms with Crippen molar-refractivity contribution in [1.29, 1.82) is 0 Å². The second-order valence-corrected chi connectivity index (χ2v) is 22.0. The van der Waals surface area contributed by atoms with E-state index in [0.29, 0.717) is 49.1 Å². The monoisotopic (exact) mass is 775 g/mol. The zero-order valence-electron chi connectivity index (χ0n) is 32.6. The number of carbonyl (C=O) groups excluding carboxylic acids is 2. The number of hydrogen-bond acceptors (Lipinski definition) is 8. The summed E-state index contributed by atoms with van der Waals surface area (Å²) in [5, 5.41) is 2.45. The molecule has 9 nitrogen and oxygen atoms in total. The van der Waals surface area contributed by atoms with Gasteiger partial charge in [-0.25, -0.2) is 9.59 Å². The van der Waals surface area contributed by atoms with Crippen LogP contribution in [0.2, 0.25) is 30.7 Å². The number of esters is 1. The first kappa shape index (κ1) is 41.1. The van der Waals surface area contributed by atoms with Gasteiger partial charge in [0.05, 0.1) is 29.8 Å². The van der Waals surface area contributed by atoms with Gasteiger partial charge in [-0.05, 0) is 92.6 Å². The quantitative estimate of drug-likeness (QED) is 0.0510. The molecule has 0 aromatic heterocycles. The van der Waals surface area contributed by atoms with E-state index in [4.69, 9.17) is 40.0 Å². The summed E-state index contributed by atoms with van der Waals surface area (Å²) >= 11 is 6.27. The summed E-state index contributed by atoms with van der Waals surface area (Å²) in [4.78, 5) is 27.4. The molecule has 1 fully saturated rings. The first-order valence-electron chi connectivity index (χ1n) is 18.6. The smallest absolute Gasteiger partial charge is 0.410 e. The molecule has 0 spiro atoms. The number of fused-ring (bicyclic) bond motifs is 1. The molecule has 2 unspecified atom stereocenters. The Balaban J connectivity index is 1.24. The van der Waals surface area contributed by atoms with Gasteiger partial charge in [-0.15, -0.1) is 0 Å². The molecule has 2 atom stereocenters. The Hall–Kier alpha value is -4.09. The summed E-state index contributed by atoms with van der Waals surface area (Å²) < 4.78 is 35.7. The van der Waals surface area contributed by atoms with E-state index in [9.17, 15) is 9.59 Å². The molecule has 1 amide bonds. The van der Waals surface area contributed by atoms with Gasteiger partial charge in [-0.2, -0.15) is 0 Å². The van der Waals surface area contributed by atoms with Crippen molar-refractivity contribution in [2.75, 3.05) is 39.7 Å². The van der Waals surface area contributed by atoms with Crippen LogP contribution in [0.3, 0.4) is 0 Å². The minimum absolute atomic E-state index is 0.0220. The van der Waals surface area contributed by atoms with Crippen LogP contribution in [-0.4, -0.2) is 76.4 Å². The fourth-order valence-electron chi connectivity index (χ4n) is 6.23. The molecule has 1 heterocycles. The number of likely N-dealkylation sites (tertiary alicyclic amines) is 1. The van der Waals surface area contributed by atoms with Crippen LogP contribution in [0.4, 0.5) is 4.79 Å². The Kier molecular flexibility index (Phi) is 14.1. The molecular weight excluding hydrogens is 722 g/mol. The SMILES string of the molecule is Cc1cccc(C(=O)OCCOc2ccc(C3CCN(C(=O)OC(C)(C)C)CC3OCc3cc(OCOCC[Si](C)(C)C)c4ccccc4c3)cc2)c1Cl. The van der Waals surface area contributed by atoms with E-state index in [1.165, 1.54) is 0 Å². The highest BCUT2D eigenvalue weighted by molar-refractivity contribution is 6.76. The lowest BCUT2D eigenvalue weighted by atomic mass is 9.87. The number of nitrogens with zero attached hydrogens (tertiary/aromatic N) is 1. The molecule has 1 aliphatic rings. The van der Waals surface area contributed by atoms with Crippen LogP contribution in [0.5, 0.6) is 11.5 Å². The number of amides is 1. The van der Waals surface area contributed by atoms with Gasteiger partial charge in [0.1, 0.15) is 30.3 Å². The molecule has 54 heavy (non-hydrogen) atoms. The summed E-state index contributed by atoms with van der Waals surface area (Å²) in [5.41, 5.74) is 2.59. The summed E-state index contributed by atoms with van der Waals surface area (Å²) in [5.74, 6) is 0.939. The van der Waals surface area contributed by atoms with Crippen molar-refractivity contribution in [3.05, 3.63) is 106 Å². The molecule has 11 heteroatoms. The Morgan fingerprint density at radius 2 is 1.67 bits per heavy atom. The van der Waals surface area contributed by atoms with E-state index in [-0.39, 0.29) is 38.1 Å². The molecule has 0 saturated carbocycles. The molecule has 0 aliphatic carbocycles. The van der Waals surface area contributed by atoms with Gasteiger partial charge in [-0.3, -0.25) is 0 Å². The highest BCUT2D eigenvalue weighted by Crippen LogP contribution is 2.34. The largest absolute Gasteiger partial charge is 0.490 e. The van der Waals surface area contributed by atoms with Crippen molar-refractivity contribution in [1.82, 2.24) is 4.90 Å². The van der Waals surface area contributed by atoms with Crippen molar-refractivity contribution >= 4 is 42.5 Å². The predicted molar refractivity (Wildman–Crippen MR) is 216 cm³/mol. The number of ether oxygens (including phenoxy) is 6. The normalized spacial score (nSPS) is 16.3. The van der Waals surface area contributed by atoms with E-state index >= 15 is 0 Å². The van der Waals surface area contributed by atoms with E-state index in [1.54, 1.807) is 17.0 Å². The minimum atomic E-state index is -1.20. The highest BCUT2D eigenvalue weighted by atomic mass is 35.5. The minimum Gasteiger partial charge on any atom is -0.490 e. The first-order chi connectivity index (χ1) is 25.7. The van der Waals surface area contributed by atoms with Crippen LogP contribution in [0, 0.1) is 6.92 Å². The summed E-state index contributed by atoms with van der Waals surface area (Å²) in [7, 11) is -1.20. The van der Waals surface area contributed by atoms with Gasteiger partial charge in [0.25, 0.3) is 0 Å². The third-order valence-electron chi connectivity index (χ3n) is 9.16. The van der Waals surface area contributed by atoms with E-state index in [2.05, 4.69) is 37.8 Å². The number of aryl methyl sites for hydroxylation is 1. The Labute approximate surface area is 325 Å². The molecule has 0 radical (unpaired) electrons. The molecular formula is C43H54ClNO8Si. The number of piperidine rings is 1. The maximum absolute atomic E-state index is 13.2. The van der Waals surface area contributed by atoms with Crippen LogP contribution in [0.1, 0.15) is 60.2 Å². The van der Waals surface area contributed by atoms with Crippen LogP contribution < -0.4 is 9.47 Å². The van der Waals surface area contributed by atoms with Gasteiger partial charge < -0.3 is 33.3 Å². The lowest BCUT2D eigenvalue weighted by Crippen LogP contribution is -2.48. The number of rotatable bonds is 15. The zero-order valence-corrected chi connectivity index (χ0v) is 34.4. The van der Waals surface area contributed by atoms with E-state index in [0.717, 1.165) is 39.3 Å². The molecule has 4 aromatic rings. The van der Waals surface area contributed by atoms with Crippen LogP contribution in [0.15, 0.2) is 78.9 Å². The van der Waals surface area contributed by atoms with Gasteiger partial charge in [0.2, 0.25) is 0 Å². The van der Waals surface area contributed by atoms with Gasteiger partial charge >= 0.3 is 12.1 Å². The third-order valence-corrected chi connectivity index (χ3v) is 11.4.